The number of para-hydroxylation sites is 1. The topological polar surface area (TPSA) is 9.72 Å². The number of nitrogens with zero attached hydrogens (tertiary/aromatic N) is 3. The standard InChI is InChI=1S/C54H57BFN3Si/c1-51(2,3)34-29-35(52(4,5)6)31-38(30-34)58-43-20-16-22-47-50(43)55-48-44(57(37-25-23-36(56)24-26-37)42-19-15-21-46(49(42)55)60(47,9)10)32-39(33-45(48)58)59-41-18-12-11-17-40(41)53(7)27-13-14-28-54(53,59)8/h11-12,15-26,29-33H,13-14,27-28H2,1-10H3. The first-order valence-corrected chi connectivity index (χ1v) is 25.3. The second-order valence-corrected chi connectivity index (χ2v) is 25.8. The lowest BCUT2D eigenvalue weighted by molar-refractivity contribution is 0.195. The summed E-state index contributed by atoms with van der Waals surface area (Å²) in [6, 6.07) is 43.1. The monoisotopic (exact) mass is 805 g/mol. The van der Waals surface area contributed by atoms with Crippen molar-refractivity contribution in [1.29, 1.82) is 0 Å². The zero-order valence-electron chi connectivity index (χ0n) is 37.1. The molecule has 60 heavy (non-hydrogen) atoms. The fourth-order valence-electron chi connectivity index (χ4n) is 12.3. The van der Waals surface area contributed by atoms with E-state index in [9.17, 15) is 4.39 Å². The largest absolute Gasteiger partial charge is 0.334 e. The molecule has 5 aliphatic rings. The highest BCUT2D eigenvalue weighted by atomic mass is 28.3. The van der Waals surface area contributed by atoms with E-state index in [-0.39, 0.29) is 34.3 Å². The lowest BCUT2D eigenvalue weighted by Gasteiger charge is -2.52. The molecule has 11 rings (SSSR count). The maximum Gasteiger partial charge on any atom is 0.251 e. The van der Waals surface area contributed by atoms with Crippen molar-refractivity contribution in [2.45, 2.75) is 116 Å². The number of halogens is 1. The normalized spacial score (nSPS) is 21.8. The quantitative estimate of drug-likeness (QED) is 0.165. The first-order chi connectivity index (χ1) is 28.4. The van der Waals surface area contributed by atoms with Crippen LogP contribution in [0.1, 0.15) is 97.8 Å². The van der Waals surface area contributed by atoms with Crippen LogP contribution in [0.5, 0.6) is 0 Å². The van der Waals surface area contributed by atoms with Crippen molar-refractivity contribution in [1.82, 2.24) is 0 Å². The van der Waals surface area contributed by atoms with Crippen LogP contribution in [-0.4, -0.2) is 20.3 Å². The summed E-state index contributed by atoms with van der Waals surface area (Å²) in [5.41, 5.74) is 17.9. The van der Waals surface area contributed by atoms with Crippen molar-refractivity contribution in [2.75, 3.05) is 14.7 Å². The molecule has 0 aromatic heterocycles. The van der Waals surface area contributed by atoms with Crippen molar-refractivity contribution in [2.24, 2.45) is 0 Å². The van der Waals surface area contributed by atoms with Gasteiger partial charge in [-0.3, -0.25) is 0 Å². The molecule has 0 spiro atoms. The Balaban J connectivity index is 1.30. The highest BCUT2D eigenvalue weighted by Crippen LogP contribution is 2.61. The fraction of sp³-hybridized carbons (Fsp3) is 0.333. The zero-order chi connectivity index (χ0) is 41.9. The molecule has 0 saturated heterocycles. The van der Waals surface area contributed by atoms with E-state index in [1.165, 1.54) is 103 Å². The van der Waals surface area contributed by atoms with Crippen molar-refractivity contribution in [3.05, 3.63) is 138 Å². The van der Waals surface area contributed by atoms with E-state index >= 15 is 0 Å². The molecule has 302 valence electrons. The maximum absolute atomic E-state index is 14.9. The molecule has 6 aromatic carbocycles. The first kappa shape index (κ1) is 37.9. The molecule has 4 heterocycles. The zero-order valence-corrected chi connectivity index (χ0v) is 38.1. The van der Waals surface area contributed by atoms with Gasteiger partial charge in [-0.2, -0.15) is 0 Å². The molecular weight excluding hydrogens is 749 g/mol. The number of benzene rings is 6. The van der Waals surface area contributed by atoms with E-state index in [1.54, 1.807) is 12.1 Å². The van der Waals surface area contributed by atoms with E-state index < -0.39 is 8.07 Å². The minimum absolute atomic E-state index is 0.0105. The number of rotatable bonds is 3. The molecular formula is C54H57BFN3Si. The van der Waals surface area contributed by atoms with E-state index in [1.807, 2.05) is 12.1 Å². The van der Waals surface area contributed by atoms with Crippen LogP contribution >= 0.6 is 0 Å². The minimum atomic E-state index is -2.19. The van der Waals surface area contributed by atoms with Gasteiger partial charge in [0.2, 0.25) is 0 Å². The van der Waals surface area contributed by atoms with Gasteiger partial charge >= 0.3 is 0 Å². The Morgan fingerprint density at radius 2 is 1.08 bits per heavy atom. The van der Waals surface area contributed by atoms with E-state index in [0.717, 1.165) is 12.1 Å². The average Bonchev–Trinajstić information content (AvgIpc) is 3.42. The number of anilines is 8. The summed E-state index contributed by atoms with van der Waals surface area (Å²) >= 11 is 0. The summed E-state index contributed by atoms with van der Waals surface area (Å²) in [5, 5.41) is 3.03. The predicted octanol–water partition coefficient (Wildman–Crippen LogP) is 11.4. The van der Waals surface area contributed by atoms with Gasteiger partial charge in [-0.15, -0.1) is 0 Å². The highest BCUT2D eigenvalue weighted by Gasteiger charge is 2.58. The summed E-state index contributed by atoms with van der Waals surface area (Å²) in [5.74, 6) is -0.218. The van der Waals surface area contributed by atoms with Gasteiger partial charge in [0.15, 0.2) is 0 Å². The molecule has 1 saturated carbocycles. The third-order valence-electron chi connectivity index (χ3n) is 15.7. The molecule has 6 aromatic rings. The van der Waals surface area contributed by atoms with Gasteiger partial charge in [-0.05, 0) is 130 Å². The van der Waals surface area contributed by atoms with E-state index in [4.69, 9.17) is 0 Å². The smallest absolute Gasteiger partial charge is 0.251 e. The number of fused-ring (bicyclic) bond motifs is 3. The molecule has 0 amide bonds. The van der Waals surface area contributed by atoms with Crippen LogP contribution in [0.2, 0.25) is 13.1 Å². The highest BCUT2D eigenvalue weighted by molar-refractivity contribution is 7.16. The summed E-state index contributed by atoms with van der Waals surface area (Å²) in [6.45, 7) is 24.3. The molecule has 1 aliphatic carbocycles. The van der Waals surface area contributed by atoms with Gasteiger partial charge in [0.25, 0.3) is 6.71 Å². The van der Waals surface area contributed by atoms with Gasteiger partial charge in [0, 0.05) is 50.9 Å². The van der Waals surface area contributed by atoms with Crippen LogP contribution < -0.4 is 41.5 Å². The number of hydrogen-bond donors (Lipinski definition) is 0. The van der Waals surface area contributed by atoms with Crippen LogP contribution in [0.25, 0.3) is 0 Å². The van der Waals surface area contributed by atoms with Gasteiger partial charge < -0.3 is 14.7 Å². The van der Waals surface area contributed by atoms with Gasteiger partial charge in [0.1, 0.15) is 13.9 Å². The van der Waals surface area contributed by atoms with Crippen molar-refractivity contribution in [3.63, 3.8) is 0 Å². The predicted molar refractivity (Wildman–Crippen MR) is 257 cm³/mol. The number of hydrogen-bond acceptors (Lipinski definition) is 3. The Bertz CT molecular complexity index is 2760. The van der Waals surface area contributed by atoms with Crippen LogP contribution in [-0.2, 0) is 16.2 Å². The van der Waals surface area contributed by atoms with Crippen LogP contribution in [0, 0.1) is 5.82 Å². The molecule has 6 heteroatoms. The Hall–Kier alpha value is -5.07. The Labute approximate surface area is 358 Å². The lowest BCUT2D eigenvalue weighted by Crippen LogP contribution is -2.79. The van der Waals surface area contributed by atoms with Crippen LogP contribution in [0.15, 0.2) is 115 Å². The molecule has 3 nitrogen and oxygen atoms in total. The lowest BCUT2D eigenvalue weighted by atomic mass is 9.33. The van der Waals surface area contributed by atoms with E-state index in [0.29, 0.717) is 0 Å². The third kappa shape index (κ3) is 4.94. The van der Waals surface area contributed by atoms with Crippen molar-refractivity contribution < 1.29 is 4.39 Å². The minimum Gasteiger partial charge on any atom is -0.334 e. The van der Waals surface area contributed by atoms with Gasteiger partial charge in [0.05, 0.1) is 5.54 Å². The van der Waals surface area contributed by atoms with Crippen LogP contribution in [0.3, 0.4) is 0 Å². The first-order valence-electron chi connectivity index (χ1n) is 22.3. The van der Waals surface area contributed by atoms with Crippen molar-refractivity contribution in [3.8, 4) is 0 Å². The van der Waals surface area contributed by atoms with Crippen molar-refractivity contribution >= 4 is 87.0 Å². The molecule has 0 radical (unpaired) electrons. The second-order valence-electron chi connectivity index (χ2n) is 21.5. The Kier molecular flexibility index (Phi) is 7.76. The summed E-state index contributed by atoms with van der Waals surface area (Å²) in [6.07, 6.45) is 4.76. The molecule has 2 unspecified atom stereocenters. The summed E-state index contributed by atoms with van der Waals surface area (Å²) in [4.78, 5) is 7.87. The SMILES string of the molecule is CC(C)(C)c1cc(N2c3cc(N4c5ccccc5C5(C)CCCCC45C)cc4c3B3c5c(cccc5[Si](C)(C)c5cccc2c53)N4c2ccc(F)cc2)cc(C(C)(C)C)c1. The summed E-state index contributed by atoms with van der Waals surface area (Å²) in [7, 11) is -2.19. The Morgan fingerprint density at radius 1 is 0.550 bits per heavy atom. The van der Waals surface area contributed by atoms with Gasteiger partial charge in [-0.1, -0.05) is 133 Å². The molecule has 4 aliphatic heterocycles. The Morgan fingerprint density at radius 3 is 1.67 bits per heavy atom. The second kappa shape index (κ2) is 12.3. The van der Waals surface area contributed by atoms with Gasteiger partial charge in [-0.25, -0.2) is 4.39 Å². The van der Waals surface area contributed by atoms with Crippen LogP contribution in [0.4, 0.5) is 49.9 Å². The summed E-state index contributed by atoms with van der Waals surface area (Å²) < 4.78 is 14.9. The molecule has 1 fully saturated rings. The third-order valence-corrected chi connectivity index (χ3v) is 19.3. The fourth-order valence-corrected chi connectivity index (χ4v) is 15.5. The van der Waals surface area contributed by atoms with E-state index in [2.05, 4.69) is 174 Å². The molecule has 0 bridgehead atoms. The average molecular weight is 806 g/mol. The molecule has 0 N–H and O–H groups in total. The molecule has 2 atom stereocenters. The maximum atomic E-state index is 14.9.